The van der Waals surface area contributed by atoms with Crippen LogP contribution in [0, 0.1) is 11.3 Å². The van der Waals surface area contributed by atoms with Gasteiger partial charge in [-0.2, -0.15) is 5.26 Å². The lowest BCUT2D eigenvalue weighted by molar-refractivity contribution is 0.102. The number of nitriles is 1. The Hall–Kier alpha value is -2.58. The first-order chi connectivity index (χ1) is 10.2. The van der Waals surface area contributed by atoms with E-state index in [2.05, 4.69) is 32.3 Å². The fourth-order valence-electron chi connectivity index (χ4n) is 2.11. The average Bonchev–Trinajstić information content (AvgIpc) is 2.96. The van der Waals surface area contributed by atoms with Gasteiger partial charge in [0.15, 0.2) is 0 Å². The van der Waals surface area contributed by atoms with Crippen molar-refractivity contribution in [1.29, 1.82) is 5.26 Å². The van der Waals surface area contributed by atoms with Crippen LogP contribution in [0.3, 0.4) is 0 Å². The van der Waals surface area contributed by atoms with Crippen LogP contribution in [-0.2, 0) is 0 Å². The van der Waals surface area contributed by atoms with Crippen LogP contribution < -0.4 is 5.32 Å². The van der Waals surface area contributed by atoms with Crippen molar-refractivity contribution in [2.75, 3.05) is 5.32 Å². The number of benzene rings is 2. The van der Waals surface area contributed by atoms with E-state index < -0.39 is 0 Å². The van der Waals surface area contributed by atoms with Crippen molar-refractivity contribution in [3.63, 3.8) is 0 Å². The number of rotatable bonds is 2. The number of nitrogens with one attached hydrogen (secondary N) is 2. The smallest absolute Gasteiger partial charge is 0.255 e. The summed E-state index contributed by atoms with van der Waals surface area (Å²) in [5.41, 5.74) is 2.45. The van der Waals surface area contributed by atoms with Crippen LogP contribution in [0.4, 0.5) is 5.69 Å². The number of nitrogens with zero attached hydrogens (tertiary/aromatic N) is 1. The van der Waals surface area contributed by atoms with Crippen molar-refractivity contribution in [1.82, 2.24) is 4.98 Å². The molecule has 102 valence electrons. The van der Waals surface area contributed by atoms with Crippen LogP contribution in [0.2, 0.25) is 0 Å². The summed E-state index contributed by atoms with van der Waals surface area (Å²) in [5, 5.41) is 12.9. The van der Waals surface area contributed by atoms with Gasteiger partial charge in [-0.1, -0.05) is 15.9 Å². The van der Waals surface area contributed by atoms with Crippen molar-refractivity contribution < 1.29 is 4.79 Å². The maximum Gasteiger partial charge on any atom is 0.255 e. The largest absolute Gasteiger partial charge is 0.361 e. The van der Waals surface area contributed by atoms with Gasteiger partial charge in [0.25, 0.3) is 5.91 Å². The number of carbonyl (C=O) groups is 1. The van der Waals surface area contributed by atoms with Gasteiger partial charge in [0, 0.05) is 27.1 Å². The Kier molecular flexibility index (Phi) is 3.46. The number of hydrogen-bond donors (Lipinski definition) is 2. The SMILES string of the molecule is N#Cc1cc(Br)ccc1NC(=O)c1ccc2[nH]ccc2c1. The van der Waals surface area contributed by atoms with Gasteiger partial charge in [-0.25, -0.2) is 0 Å². The molecule has 5 heteroatoms. The number of anilines is 1. The first-order valence-corrected chi connectivity index (χ1v) is 7.05. The minimum absolute atomic E-state index is 0.239. The quantitative estimate of drug-likeness (QED) is 0.739. The molecule has 1 aromatic heterocycles. The van der Waals surface area contributed by atoms with E-state index in [0.717, 1.165) is 15.4 Å². The Morgan fingerprint density at radius 2 is 2.05 bits per heavy atom. The number of aromatic nitrogens is 1. The van der Waals surface area contributed by atoms with Crippen LogP contribution in [0.15, 0.2) is 53.1 Å². The third-order valence-electron chi connectivity index (χ3n) is 3.17. The molecule has 0 saturated heterocycles. The topological polar surface area (TPSA) is 68.7 Å². The van der Waals surface area contributed by atoms with Gasteiger partial charge in [0.05, 0.1) is 11.3 Å². The van der Waals surface area contributed by atoms with Crippen molar-refractivity contribution >= 4 is 38.4 Å². The minimum atomic E-state index is -0.239. The highest BCUT2D eigenvalue weighted by Gasteiger charge is 2.10. The molecule has 0 spiro atoms. The van der Waals surface area contributed by atoms with Crippen LogP contribution in [-0.4, -0.2) is 10.9 Å². The Labute approximate surface area is 129 Å². The molecule has 1 heterocycles. The third kappa shape index (κ3) is 2.67. The number of carbonyl (C=O) groups excluding carboxylic acids is 1. The number of hydrogen-bond acceptors (Lipinski definition) is 2. The van der Waals surface area contributed by atoms with Crippen LogP contribution in [0.25, 0.3) is 10.9 Å². The predicted molar refractivity (Wildman–Crippen MR) is 85.1 cm³/mol. The molecule has 3 aromatic rings. The van der Waals surface area contributed by atoms with E-state index >= 15 is 0 Å². The van der Waals surface area contributed by atoms with Gasteiger partial charge < -0.3 is 10.3 Å². The van der Waals surface area contributed by atoms with E-state index in [9.17, 15) is 4.79 Å². The Morgan fingerprint density at radius 1 is 1.19 bits per heavy atom. The van der Waals surface area contributed by atoms with Crippen molar-refractivity contribution in [2.45, 2.75) is 0 Å². The van der Waals surface area contributed by atoms with Gasteiger partial charge in [-0.15, -0.1) is 0 Å². The zero-order chi connectivity index (χ0) is 14.8. The molecule has 0 unspecified atom stereocenters. The molecular weight excluding hydrogens is 330 g/mol. The summed E-state index contributed by atoms with van der Waals surface area (Å²) in [4.78, 5) is 15.4. The third-order valence-corrected chi connectivity index (χ3v) is 3.66. The monoisotopic (exact) mass is 339 g/mol. The molecule has 21 heavy (non-hydrogen) atoms. The summed E-state index contributed by atoms with van der Waals surface area (Å²) in [6.45, 7) is 0. The average molecular weight is 340 g/mol. The fraction of sp³-hybridized carbons (Fsp3) is 0. The van der Waals surface area contributed by atoms with Gasteiger partial charge in [-0.3, -0.25) is 4.79 Å². The number of fused-ring (bicyclic) bond motifs is 1. The molecule has 0 aliphatic heterocycles. The number of halogens is 1. The van der Waals surface area contributed by atoms with Crippen LogP contribution in [0.1, 0.15) is 15.9 Å². The molecule has 3 rings (SSSR count). The Morgan fingerprint density at radius 3 is 2.86 bits per heavy atom. The van der Waals surface area contributed by atoms with E-state index in [1.165, 1.54) is 0 Å². The predicted octanol–water partition coefficient (Wildman–Crippen LogP) is 4.05. The summed E-state index contributed by atoms with van der Waals surface area (Å²) in [6.07, 6.45) is 1.83. The Bertz CT molecular complexity index is 877. The molecule has 1 amide bonds. The molecule has 2 aromatic carbocycles. The second kappa shape index (κ2) is 5.43. The maximum absolute atomic E-state index is 12.3. The van der Waals surface area contributed by atoms with Gasteiger partial charge in [0.2, 0.25) is 0 Å². The standard InChI is InChI=1S/C16H10BrN3O/c17-13-2-4-15(12(8-13)9-18)20-16(21)11-1-3-14-10(7-11)5-6-19-14/h1-8,19H,(H,20,21). The zero-order valence-corrected chi connectivity index (χ0v) is 12.4. The van der Waals surface area contributed by atoms with E-state index in [1.54, 1.807) is 24.3 Å². The number of amides is 1. The summed E-state index contributed by atoms with van der Waals surface area (Å²) >= 11 is 3.30. The molecular formula is C16H10BrN3O. The van der Waals surface area contributed by atoms with E-state index in [0.29, 0.717) is 16.8 Å². The maximum atomic E-state index is 12.3. The first kappa shape index (κ1) is 13.4. The lowest BCUT2D eigenvalue weighted by atomic mass is 10.1. The van der Waals surface area contributed by atoms with Gasteiger partial charge >= 0.3 is 0 Å². The highest BCUT2D eigenvalue weighted by Crippen LogP contribution is 2.21. The van der Waals surface area contributed by atoms with Gasteiger partial charge in [0.1, 0.15) is 6.07 Å². The zero-order valence-electron chi connectivity index (χ0n) is 10.9. The lowest BCUT2D eigenvalue weighted by Crippen LogP contribution is -2.12. The summed E-state index contributed by atoms with van der Waals surface area (Å²) in [7, 11) is 0. The summed E-state index contributed by atoms with van der Waals surface area (Å²) in [5.74, 6) is -0.239. The van der Waals surface area contributed by atoms with Crippen molar-refractivity contribution in [2.24, 2.45) is 0 Å². The van der Waals surface area contributed by atoms with E-state index in [-0.39, 0.29) is 5.91 Å². The molecule has 0 aliphatic carbocycles. The molecule has 4 nitrogen and oxygen atoms in total. The molecule has 2 N–H and O–H groups in total. The van der Waals surface area contributed by atoms with Crippen molar-refractivity contribution in [3.05, 3.63) is 64.3 Å². The molecule has 0 aliphatic rings. The lowest BCUT2D eigenvalue weighted by Gasteiger charge is -2.07. The second-order valence-corrected chi connectivity index (χ2v) is 5.45. The van der Waals surface area contributed by atoms with Crippen molar-refractivity contribution in [3.8, 4) is 6.07 Å². The first-order valence-electron chi connectivity index (χ1n) is 6.25. The highest BCUT2D eigenvalue weighted by molar-refractivity contribution is 9.10. The molecule has 0 fully saturated rings. The van der Waals surface area contributed by atoms with E-state index in [1.807, 2.05) is 24.4 Å². The molecule has 0 atom stereocenters. The highest BCUT2D eigenvalue weighted by atomic mass is 79.9. The fourth-order valence-corrected chi connectivity index (χ4v) is 2.47. The summed E-state index contributed by atoms with van der Waals surface area (Å²) in [6, 6.07) is 14.6. The van der Waals surface area contributed by atoms with Gasteiger partial charge in [-0.05, 0) is 42.5 Å². The number of aromatic amines is 1. The number of H-pyrrole nitrogens is 1. The summed E-state index contributed by atoms with van der Waals surface area (Å²) < 4.78 is 0.797. The molecule has 0 radical (unpaired) electrons. The minimum Gasteiger partial charge on any atom is -0.361 e. The van der Waals surface area contributed by atoms with Crippen LogP contribution in [0.5, 0.6) is 0 Å². The Balaban J connectivity index is 1.91. The second-order valence-electron chi connectivity index (χ2n) is 4.54. The van der Waals surface area contributed by atoms with E-state index in [4.69, 9.17) is 5.26 Å². The molecule has 0 saturated carbocycles. The normalized spacial score (nSPS) is 10.3. The van der Waals surface area contributed by atoms with Crippen LogP contribution >= 0.6 is 15.9 Å². The molecule has 0 bridgehead atoms.